The first-order chi connectivity index (χ1) is 17.9. The second kappa shape index (κ2) is 10.2. The van der Waals surface area contributed by atoms with E-state index in [0.29, 0.717) is 49.0 Å². The molecule has 10 heteroatoms. The fourth-order valence-corrected chi connectivity index (χ4v) is 5.03. The lowest BCUT2D eigenvalue weighted by molar-refractivity contribution is -0.140. The number of morpholine rings is 1. The number of aromatic nitrogens is 2. The van der Waals surface area contributed by atoms with E-state index in [1.165, 1.54) is 11.0 Å². The minimum absolute atomic E-state index is 0.0196. The first-order valence-corrected chi connectivity index (χ1v) is 12.4. The molecule has 2 saturated heterocycles. The fourth-order valence-electron chi connectivity index (χ4n) is 5.03. The zero-order valence-corrected chi connectivity index (χ0v) is 20.9. The van der Waals surface area contributed by atoms with Gasteiger partial charge in [0.05, 0.1) is 37.1 Å². The van der Waals surface area contributed by atoms with Gasteiger partial charge in [0.25, 0.3) is 11.7 Å². The number of benzene rings is 1. The van der Waals surface area contributed by atoms with Crippen molar-refractivity contribution < 1.29 is 29.3 Å². The number of nitrogens with zero attached hydrogens (tertiary/aromatic N) is 4. The summed E-state index contributed by atoms with van der Waals surface area (Å²) in [7, 11) is 0. The summed E-state index contributed by atoms with van der Waals surface area (Å²) in [6, 6.07) is 9.31. The van der Waals surface area contributed by atoms with Crippen LogP contribution in [-0.4, -0.2) is 87.1 Å². The van der Waals surface area contributed by atoms with Gasteiger partial charge >= 0.3 is 0 Å². The highest BCUT2D eigenvalue weighted by Crippen LogP contribution is 2.42. The van der Waals surface area contributed by atoms with Crippen LogP contribution in [0.1, 0.15) is 29.9 Å². The van der Waals surface area contributed by atoms with Gasteiger partial charge in [-0.3, -0.25) is 18.9 Å². The number of rotatable bonds is 7. The molecule has 2 aliphatic rings. The number of Topliss-reactive ketones (excluding diaryl/α,β-unsaturated/α-hetero) is 1. The molecule has 3 aromatic rings. The van der Waals surface area contributed by atoms with Crippen LogP contribution in [0.5, 0.6) is 11.5 Å². The van der Waals surface area contributed by atoms with Crippen molar-refractivity contribution in [2.45, 2.75) is 19.9 Å². The second-order valence-corrected chi connectivity index (χ2v) is 9.08. The van der Waals surface area contributed by atoms with Crippen molar-refractivity contribution in [2.75, 3.05) is 46.0 Å². The van der Waals surface area contributed by atoms with Gasteiger partial charge < -0.3 is 24.6 Å². The highest BCUT2D eigenvalue weighted by Gasteiger charge is 2.46. The van der Waals surface area contributed by atoms with Crippen molar-refractivity contribution in [1.29, 1.82) is 0 Å². The highest BCUT2D eigenvalue weighted by molar-refractivity contribution is 6.46. The van der Waals surface area contributed by atoms with Gasteiger partial charge in [0.1, 0.15) is 11.3 Å². The van der Waals surface area contributed by atoms with Gasteiger partial charge in [0.2, 0.25) is 0 Å². The van der Waals surface area contributed by atoms with Crippen LogP contribution in [0.3, 0.4) is 0 Å². The number of ether oxygens (including phenoxy) is 2. The van der Waals surface area contributed by atoms with Crippen LogP contribution >= 0.6 is 0 Å². The van der Waals surface area contributed by atoms with Crippen molar-refractivity contribution in [3.63, 3.8) is 0 Å². The van der Waals surface area contributed by atoms with Crippen LogP contribution in [0, 0.1) is 6.92 Å². The normalized spacial score (nSPS) is 20.2. The van der Waals surface area contributed by atoms with E-state index in [2.05, 4.69) is 9.88 Å². The summed E-state index contributed by atoms with van der Waals surface area (Å²) in [5.74, 6) is -1.55. The predicted molar refractivity (Wildman–Crippen MR) is 135 cm³/mol. The first-order valence-electron chi connectivity index (χ1n) is 12.4. The number of amides is 1. The number of pyridine rings is 1. The molecule has 4 heterocycles. The summed E-state index contributed by atoms with van der Waals surface area (Å²) in [5, 5.41) is 21.8. The van der Waals surface area contributed by atoms with Gasteiger partial charge in [0.15, 0.2) is 17.3 Å². The smallest absolute Gasteiger partial charge is 0.295 e. The average Bonchev–Trinajstić information content (AvgIpc) is 3.37. The summed E-state index contributed by atoms with van der Waals surface area (Å²) in [4.78, 5) is 35.0. The van der Waals surface area contributed by atoms with Crippen LogP contribution in [0.4, 0.5) is 0 Å². The Balaban J connectivity index is 1.63. The molecule has 2 aliphatic heterocycles. The number of aryl methyl sites for hydroxylation is 1. The van der Waals surface area contributed by atoms with Gasteiger partial charge in [-0.25, -0.2) is 4.98 Å². The molecular weight excluding hydrogens is 476 g/mol. The lowest BCUT2D eigenvalue weighted by Gasteiger charge is -2.31. The van der Waals surface area contributed by atoms with Crippen molar-refractivity contribution >= 4 is 23.1 Å². The standard InChI is InChI=1S/C27H30N4O6/c1-3-37-20-16-18(7-8-19(20)32)24-22(25(33)23-17(2)28-21-6-4-5-9-30(21)23)26(34)27(35)31(24)11-10-29-12-14-36-15-13-29/h4-9,16,24,32-33H,3,10-15H2,1-2H3/b25-22+. The molecule has 1 amide bonds. The molecule has 2 fully saturated rings. The largest absolute Gasteiger partial charge is 0.505 e. The third kappa shape index (κ3) is 4.54. The van der Waals surface area contributed by atoms with Crippen molar-refractivity contribution in [1.82, 2.24) is 19.2 Å². The molecule has 37 heavy (non-hydrogen) atoms. The number of aliphatic hydroxyl groups excluding tert-OH is 1. The number of aromatic hydroxyl groups is 1. The van der Waals surface area contributed by atoms with Crippen LogP contribution in [-0.2, 0) is 14.3 Å². The fraction of sp³-hybridized carbons (Fsp3) is 0.370. The minimum Gasteiger partial charge on any atom is -0.505 e. The quantitative estimate of drug-likeness (QED) is 0.285. The summed E-state index contributed by atoms with van der Waals surface area (Å²) in [6.45, 7) is 7.42. The van der Waals surface area contributed by atoms with Crippen LogP contribution in [0.2, 0.25) is 0 Å². The summed E-state index contributed by atoms with van der Waals surface area (Å²) < 4.78 is 12.7. The maximum atomic E-state index is 13.5. The molecule has 1 unspecified atom stereocenters. The SMILES string of the molecule is CCOc1cc(C2/C(=C(\O)c3c(C)nc4ccccn34)C(=O)C(=O)N2CCN2CCOCC2)ccc1O. The maximum absolute atomic E-state index is 13.5. The topological polar surface area (TPSA) is 117 Å². The van der Waals surface area contributed by atoms with E-state index < -0.39 is 17.7 Å². The number of phenols is 1. The van der Waals surface area contributed by atoms with Gasteiger partial charge in [0, 0.05) is 32.4 Å². The number of phenolic OH excluding ortho intramolecular Hbond substituents is 1. The van der Waals surface area contributed by atoms with E-state index in [1.54, 1.807) is 48.7 Å². The molecule has 1 aromatic carbocycles. The lowest BCUT2D eigenvalue weighted by Crippen LogP contribution is -2.42. The monoisotopic (exact) mass is 506 g/mol. The number of ketones is 1. The minimum atomic E-state index is -0.866. The third-order valence-corrected chi connectivity index (χ3v) is 6.83. The Kier molecular flexibility index (Phi) is 6.86. The Morgan fingerprint density at radius 2 is 1.95 bits per heavy atom. The van der Waals surface area contributed by atoms with Gasteiger partial charge in [-0.2, -0.15) is 0 Å². The Bertz CT molecular complexity index is 1370. The number of fused-ring (bicyclic) bond motifs is 1. The molecule has 2 N–H and O–H groups in total. The van der Waals surface area contributed by atoms with Crippen LogP contribution in [0.25, 0.3) is 11.4 Å². The van der Waals surface area contributed by atoms with Crippen LogP contribution in [0.15, 0.2) is 48.2 Å². The molecule has 0 spiro atoms. The second-order valence-electron chi connectivity index (χ2n) is 9.08. The molecule has 2 aromatic heterocycles. The van der Waals surface area contributed by atoms with Gasteiger partial charge in [-0.05, 0) is 43.7 Å². The molecule has 0 aliphatic carbocycles. The van der Waals surface area contributed by atoms with Crippen molar-refractivity contribution in [3.05, 3.63) is 65.1 Å². The number of carbonyl (C=O) groups is 2. The Morgan fingerprint density at radius 3 is 2.70 bits per heavy atom. The van der Waals surface area contributed by atoms with E-state index in [1.807, 2.05) is 6.07 Å². The predicted octanol–water partition coefficient (Wildman–Crippen LogP) is 2.50. The Labute approximate surface area is 214 Å². The molecule has 0 bridgehead atoms. The molecule has 0 saturated carbocycles. The van der Waals surface area contributed by atoms with Crippen molar-refractivity contribution in [3.8, 4) is 11.5 Å². The first kappa shape index (κ1) is 24.8. The van der Waals surface area contributed by atoms with Crippen molar-refractivity contribution in [2.24, 2.45) is 0 Å². The molecule has 1 atom stereocenters. The van der Waals surface area contributed by atoms with Gasteiger partial charge in [-0.15, -0.1) is 0 Å². The lowest BCUT2D eigenvalue weighted by atomic mass is 9.96. The van der Waals surface area contributed by atoms with E-state index in [9.17, 15) is 19.8 Å². The van der Waals surface area contributed by atoms with Gasteiger partial charge in [-0.1, -0.05) is 12.1 Å². The van der Waals surface area contributed by atoms with Crippen LogP contribution < -0.4 is 4.74 Å². The Morgan fingerprint density at radius 1 is 1.16 bits per heavy atom. The number of hydrogen-bond acceptors (Lipinski definition) is 8. The Hall–Kier alpha value is -3.89. The molecule has 5 rings (SSSR count). The maximum Gasteiger partial charge on any atom is 0.295 e. The number of likely N-dealkylation sites (tertiary alicyclic amines) is 1. The highest BCUT2D eigenvalue weighted by atomic mass is 16.5. The number of aliphatic hydroxyl groups is 1. The van der Waals surface area contributed by atoms with E-state index in [4.69, 9.17) is 9.47 Å². The van der Waals surface area contributed by atoms with E-state index in [0.717, 1.165) is 13.1 Å². The number of carbonyl (C=O) groups excluding carboxylic acids is 2. The van der Waals surface area contributed by atoms with E-state index >= 15 is 0 Å². The number of hydrogen-bond donors (Lipinski definition) is 2. The summed E-state index contributed by atoms with van der Waals surface area (Å²) in [6.07, 6.45) is 1.75. The third-order valence-electron chi connectivity index (χ3n) is 6.83. The average molecular weight is 507 g/mol. The molecule has 10 nitrogen and oxygen atoms in total. The number of imidazole rings is 1. The molecular formula is C27H30N4O6. The zero-order valence-electron chi connectivity index (χ0n) is 20.9. The molecule has 194 valence electrons. The molecule has 0 radical (unpaired) electrons. The zero-order chi connectivity index (χ0) is 26.1. The van der Waals surface area contributed by atoms with E-state index in [-0.39, 0.29) is 29.4 Å². The summed E-state index contributed by atoms with van der Waals surface area (Å²) in [5.41, 5.74) is 2.03. The summed E-state index contributed by atoms with van der Waals surface area (Å²) >= 11 is 0.